The molecule has 64 heavy (non-hydrogen) atoms. The zero-order chi connectivity index (χ0) is 42.0. The van der Waals surface area contributed by atoms with Crippen LogP contribution in [0.2, 0.25) is 0 Å². The van der Waals surface area contributed by atoms with Gasteiger partial charge >= 0.3 is 0 Å². The molecule has 0 spiro atoms. The molecule has 0 unspecified atom stereocenters. The van der Waals surface area contributed by atoms with Crippen LogP contribution in [0.1, 0.15) is 24.5 Å². The number of rotatable bonds is 4. The van der Waals surface area contributed by atoms with Gasteiger partial charge in [0.25, 0.3) is 0 Å². The molecule has 0 amide bonds. The molecule has 5 heterocycles. The molecule has 1 aliphatic rings. The minimum Gasteiger partial charge on any atom is -0.456 e. The summed E-state index contributed by atoms with van der Waals surface area (Å²) in [6, 6.07) is 67.2. The number of benzene rings is 9. The van der Waals surface area contributed by atoms with Gasteiger partial charge in [-0.3, -0.25) is 4.57 Å². The van der Waals surface area contributed by atoms with Gasteiger partial charge < -0.3 is 13.4 Å². The minimum absolute atomic E-state index is 0.569. The summed E-state index contributed by atoms with van der Waals surface area (Å²) in [5.41, 5.74) is 14.1. The average Bonchev–Trinajstić information content (AvgIpc) is 4.07. The van der Waals surface area contributed by atoms with Crippen molar-refractivity contribution in [3.05, 3.63) is 211 Å². The number of fused-ring (bicyclic) bond motifs is 13. The maximum absolute atomic E-state index is 6.84. The number of hydrogen-bond donors (Lipinski definition) is 0. The van der Waals surface area contributed by atoms with Crippen LogP contribution in [0.15, 0.2) is 214 Å². The normalized spacial score (nSPS) is 13.8. The number of aliphatic imine (C=N–C) groups is 1. The van der Waals surface area contributed by atoms with Gasteiger partial charge in [-0.05, 0) is 77.4 Å². The smallest absolute Gasteiger partial charge is 0.143 e. The van der Waals surface area contributed by atoms with Crippen LogP contribution >= 0.6 is 0 Å². The lowest BCUT2D eigenvalue weighted by molar-refractivity contribution is 0.667. The highest BCUT2D eigenvalue weighted by Crippen LogP contribution is 2.44. The molecule has 300 valence electrons. The van der Waals surface area contributed by atoms with Gasteiger partial charge in [0.2, 0.25) is 0 Å². The summed E-state index contributed by atoms with van der Waals surface area (Å²) in [6.45, 7) is 2.22. The molecule has 0 atom stereocenters. The minimum atomic E-state index is 0.569. The molecular formula is C59H37N3O2. The molecule has 0 saturated carbocycles. The number of para-hydroxylation sites is 6. The quantitative estimate of drug-likeness (QED) is 0.178. The monoisotopic (exact) mass is 819 g/mol. The third-order valence-electron chi connectivity index (χ3n) is 13.5. The fourth-order valence-electron chi connectivity index (χ4n) is 10.7. The highest BCUT2D eigenvalue weighted by Gasteiger charge is 2.26. The van der Waals surface area contributed by atoms with Crippen LogP contribution in [0.25, 0.3) is 115 Å². The van der Waals surface area contributed by atoms with Crippen LogP contribution in [0, 0.1) is 0 Å². The van der Waals surface area contributed by atoms with Crippen molar-refractivity contribution < 1.29 is 8.83 Å². The van der Waals surface area contributed by atoms with Crippen LogP contribution in [0.4, 0.5) is 0 Å². The Balaban J connectivity index is 1.09. The molecule has 4 aromatic heterocycles. The van der Waals surface area contributed by atoms with Gasteiger partial charge in [0.05, 0.1) is 33.5 Å². The Labute approximate surface area is 366 Å². The van der Waals surface area contributed by atoms with E-state index in [0.717, 1.165) is 105 Å². The van der Waals surface area contributed by atoms with Crippen LogP contribution < -0.4 is 0 Å². The first-order valence-electron chi connectivity index (χ1n) is 21.9. The summed E-state index contributed by atoms with van der Waals surface area (Å²) < 4.78 is 18.3. The lowest BCUT2D eigenvalue weighted by Crippen LogP contribution is -2.05. The third kappa shape index (κ3) is 4.98. The molecule has 9 aromatic carbocycles. The van der Waals surface area contributed by atoms with Gasteiger partial charge in [-0.2, -0.15) is 0 Å². The van der Waals surface area contributed by atoms with Crippen molar-refractivity contribution in [2.45, 2.75) is 13.3 Å². The lowest BCUT2D eigenvalue weighted by atomic mass is 9.94. The van der Waals surface area contributed by atoms with E-state index in [9.17, 15) is 0 Å². The van der Waals surface area contributed by atoms with Gasteiger partial charge in [0, 0.05) is 66.7 Å². The second kappa shape index (κ2) is 13.3. The van der Waals surface area contributed by atoms with Crippen LogP contribution in [0.3, 0.4) is 0 Å². The van der Waals surface area contributed by atoms with E-state index in [1.807, 2.05) is 12.1 Å². The zero-order valence-corrected chi connectivity index (χ0v) is 34.8. The van der Waals surface area contributed by atoms with Crippen molar-refractivity contribution in [1.29, 1.82) is 0 Å². The molecule has 0 N–H and O–H groups in total. The van der Waals surface area contributed by atoms with E-state index in [0.29, 0.717) is 6.42 Å². The van der Waals surface area contributed by atoms with Gasteiger partial charge in [0.1, 0.15) is 28.2 Å². The summed E-state index contributed by atoms with van der Waals surface area (Å²) in [5.74, 6) is 0.874. The molecular weight excluding hydrogens is 783 g/mol. The van der Waals surface area contributed by atoms with Crippen molar-refractivity contribution in [2.24, 2.45) is 4.99 Å². The second-order valence-corrected chi connectivity index (χ2v) is 17.0. The summed E-state index contributed by atoms with van der Waals surface area (Å²) in [4.78, 5) is 5.92. The van der Waals surface area contributed by atoms with Gasteiger partial charge in [-0.1, -0.05) is 140 Å². The number of hydrogen-bond acceptors (Lipinski definition) is 3. The molecule has 1 aliphatic heterocycles. The van der Waals surface area contributed by atoms with Crippen molar-refractivity contribution in [2.75, 3.05) is 0 Å². The van der Waals surface area contributed by atoms with Crippen molar-refractivity contribution in [3.63, 3.8) is 0 Å². The Morgan fingerprint density at radius 2 is 1.02 bits per heavy atom. The molecule has 0 fully saturated rings. The van der Waals surface area contributed by atoms with E-state index in [-0.39, 0.29) is 0 Å². The SMILES string of the molecule is CC1=C(n2c3ccccc3c3ccccc32)N=C(c2cc(-n3c4ccccc4c4cc5ccccc5cc43)cc3oc4ccccc4c23)CC=C1c1cccc2c1oc1ccccc12. The zero-order valence-electron chi connectivity index (χ0n) is 34.8. The summed E-state index contributed by atoms with van der Waals surface area (Å²) >= 11 is 0. The molecule has 0 saturated heterocycles. The highest BCUT2D eigenvalue weighted by molar-refractivity contribution is 6.22. The van der Waals surface area contributed by atoms with Crippen LogP contribution in [-0.2, 0) is 0 Å². The lowest BCUT2D eigenvalue weighted by Gasteiger charge is -2.16. The first-order valence-corrected chi connectivity index (χ1v) is 21.9. The second-order valence-electron chi connectivity index (χ2n) is 17.0. The van der Waals surface area contributed by atoms with E-state index < -0.39 is 0 Å². The van der Waals surface area contributed by atoms with Crippen molar-refractivity contribution in [3.8, 4) is 5.69 Å². The topological polar surface area (TPSA) is 48.5 Å². The van der Waals surface area contributed by atoms with Gasteiger partial charge in [0.15, 0.2) is 0 Å². The van der Waals surface area contributed by atoms with E-state index in [1.165, 1.54) is 32.3 Å². The summed E-state index contributed by atoms with van der Waals surface area (Å²) in [7, 11) is 0. The predicted molar refractivity (Wildman–Crippen MR) is 267 cm³/mol. The Morgan fingerprint density at radius 3 is 1.75 bits per heavy atom. The first kappa shape index (κ1) is 35.2. The van der Waals surface area contributed by atoms with Gasteiger partial charge in [-0.25, -0.2) is 4.99 Å². The van der Waals surface area contributed by atoms with Crippen molar-refractivity contribution in [1.82, 2.24) is 9.13 Å². The Morgan fingerprint density at radius 1 is 0.438 bits per heavy atom. The molecule has 0 aliphatic carbocycles. The average molecular weight is 820 g/mol. The molecule has 0 bridgehead atoms. The maximum atomic E-state index is 6.84. The van der Waals surface area contributed by atoms with Gasteiger partial charge in [-0.15, -0.1) is 0 Å². The standard InChI is InChI=1S/C59H37N3O2/c1-35-39(44-22-14-23-45-43-20-7-12-27-54(43)64-58(44)45)29-30-49(60-59(35)62-51-25-10-4-17-40(51)41-18-5-11-26-52(41)62)48-33-38(34-56-57(48)46-21-8-13-28-55(46)63-56)61-50-24-9-6-19-42(50)47-31-36-15-2-3-16-37(36)32-53(47)61/h2-29,31-34H,30H2,1H3. The molecule has 5 nitrogen and oxygen atoms in total. The molecule has 14 rings (SSSR count). The number of aromatic nitrogens is 2. The van der Waals surface area contributed by atoms with Crippen molar-refractivity contribution >= 4 is 115 Å². The maximum Gasteiger partial charge on any atom is 0.143 e. The first-order chi connectivity index (χ1) is 31.7. The van der Waals surface area contributed by atoms with E-state index >= 15 is 0 Å². The number of furan rings is 2. The molecule has 5 heteroatoms. The Bertz CT molecular complexity index is 4190. The third-order valence-corrected chi connectivity index (χ3v) is 13.5. The van der Waals surface area contributed by atoms with E-state index in [2.05, 4.69) is 198 Å². The largest absolute Gasteiger partial charge is 0.456 e. The van der Waals surface area contributed by atoms with E-state index in [1.54, 1.807) is 0 Å². The Kier molecular flexibility index (Phi) is 7.32. The summed E-state index contributed by atoms with van der Waals surface area (Å²) in [5, 5.41) is 11.6. The summed E-state index contributed by atoms with van der Waals surface area (Å²) in [6.07, 6.45) is 2.93. The molecule has 13 aromatic rings. The highest BCUT2D eigenvalue weighted by atomic mass is 16.3. The fourth-order valence-corrected chi connectivity index (χ4v) is 10.7. The fraction of sp³-hybridized carbons (Fsp3) is 0.0339. The van der Waals surface area contributed by atoms with Crippen LogP contribution in [0.5, 0.6) is 0 Å². The van der Waals surface area contributed by atoms with Crippen LogP contribution in [-0.4, -0.2) is 14.8 Å². The van der Waals surface area contributed by atoms with E-state index in [4.69, 9.17) is 13.8 Å². The Hall–Kier alpha value is -8.41. The molecule has 0 radical (unpaired) electrons. The predicted octanol–water partition coefficient (Wildman–Crippen LogP) is 16.0. The number of nitrogens with zero attached hydrogens (tertiary/aromatic N) is 3. The number of allylic oxidation sites excluding steroid dienone is 3.